The summed E-state index contributed by atoms with van der Waals surface area (Å²) < 4.78 is 31.5. The molecule has 106 valence electrons. The van der Waals surface area contributed by atoms with Crippen LogP contribution in [0.2, 0.25) is 0 Å². The minimum absolute atomic E-state index is 0.0561. The highest BCUT2D eigenvalue weighted by atomic mass is 32.2. The van der Waals surface area contributed by atoms with E-state index >= 15 is 0 Å². The second-order valence-corrected chi connectivity index (χ2v) is 7.43. The van der Waals surface area contributed by atoms with Crippen molar-refractivity contribution in [2.75, 3.05) is 39.3 Å². The summed E-state index contributed by atoms with van der Waals surface area (Å²) in [4.78, 5) is 11.0. The highest BCUT2D eigenvalue weighted by Gasteiger charge is 2.31. The van der Waals surface area contributed by atoms with Crippen LogP contribution in [0.15, 0.2) is 0 Å². The molecule has 0 radical (unpaired) electrons. The Labute approximate surface area is 113 Å². The van der Waals surface area contributed by atoms with Crippen LogP contribution in [0.4, 0.5) is 0 Å². The molecular formula is C10H20N2O4S2. The van der Waals surface area contributed by atoms with Gasteiger partial charge in [0.15, 0.2) is 0 Å². The molecule has 0 aromatic rings. The fourth-order valence-electron chi connectivity index (χ4n) is 1.68. The van der Waals surface area contributed by atoms with Gasteiger partial charge in [0.25, 0.3) is 10.2 Å². The van der Waals surface area contributed by atoms with E-state index in [4.69, 9.17) is 0 Å². The highest BCUT2D eigenvalue weighted by molar-refractivity contribution is 7.99. The Kier molecular flexibility index (Phi) is 5.90. The van der Waals surface area contributed by atoms with Gasteiger partial charge in [0.2, 0.25) is 0 Å². The number of rotatable bonds is 6. The predicted octanol–water partition coefficient (Wildman–Crippen LogP) is 0.163. The number of hydrogen-bond acceptors (Lipinski definition) is 5. The van der Waals surface area contributed by atoms with Crippen LogP contribution in [0.5, 0.6) is 0 Å². The Hall–Kier alpha value is -0.310. The molecule has 0 aromatic heterocycles. The van der Waals surface area contributed by atoms with Crippen molar-refractivity contribution in [1.82, 2.24) is 8.61 Å². The molecule has 1 atom stereocenters. The van der Waals surface area contributed by atoms with Crippen LogP contribution in [0.1, 0.15) is 12.8 Å². The normalized spacial score (nSPS) is 20.6. The quantitative estimate of drug-likeness (QED) is 0.653. The highest BCUT2D eigenvalue weighted by Crippen LogP contribution is 2.24. The maximum atomic E-state index is 12.2. The van der Waals surface area contributed by atoms with E-state index in [0.717, 1.165) is 17.9 Å². The minimum Gasteiger partial charge on any atom is -0.469 e. The minimum atomic E-state index is -3.48. The Balaban J connectivity index is 2.58. The molecule has 0 aliphatic carbocycles. The van der Waals surface area contributed by atoms with E-state index in [0.29, 0.717) is 0 Å². The van der Waals surface area contributed by atoms with Crippen molar-refractivity contribution in [3.63, 3.8) is 0 Å². The van der Waals surface area contributed by atoms with Crippen LogP contribution in [-0.4, -0.2) is 68.3 Å². The molecule has 1 aliphatic rings. The summed E-state index contributed by atoms with van der Waals surface area (Å²) in [7, 11) is 0.890. The summed E-state index contributed by atoms with van der Waals surface area (Å²) >= 11 is 1.76. The van der Waals surface area contributed by atoms with Crippen LogP contribution < -0.4 is 0 Å². The maximum absolute atomic E-state index is 12.2. The first-order valence-electron chi connectivity index (χ1n) is 5.73. The van der Waals surface area contributed by atoms with Crippen LogP contribution in [-0.2, 0) is 19.7 Å². The largest absolute Gasteiger partial charge is 0.469 e. The van der Waals surface area contributed by atoms with Crippen molar-refractivity contribution in [3.05, 3.63) is 0 Å². The molecule has 8 heteroatoms. The Bertz CT molecular complexity index is 379. The first-order chi connectivity index (χ1) is 8.39. The fraction of sp³-hybridized carbons (Fsp3) is 0.900. The van der Waals surface area contributed by atoms with Gasteiger partial charge in [-0.1, -0.05) is 0 Å². The van der Waals surface area contributed by atoms with Crippen LogP contribution >= 0.6 is 11.8 Å². The molecule has 0 bridgehead atoms. The molecule has 0 amide bonds. The molecule has 0 N–H and O–H groups in total. The number of carbonyl (C=O) groups is 1. The molecule has 1 unspecified atom stereocenters. The van der Waals surface area contributed by atoms with E-state index in [-0.39, 0.29) is 19.0 Å². The van der Waals surface area contributed by atoms with Gasteiger partial charge < -0.3 is 4.74 Å². The van der Waals surface area contributed by atoms with Gasteiger partial charge in [-0.15, -0.1) is 0 Å². The number of methoxy groups -OCH3 is 1. The lowest BCUT2D eigenvalue weighted by molar-refractivity contribution is -0.140. The zero-order chi connectivity index (χ0) is 13.8. The van der Waals surface area contributed by atoms with E-state index in [1.807, 2.05) is 0 Å². The van der Waals surface area contributed by atoms with Gasteiger partial charge in [-0.05, 0) is 12.2 Å². The van der Waals surface area contributed by atoms with Gasteiger partial charge in [-0.25, -0.2) is 0 Å². The summed E-state index contributed by atoms with van der Waals surface area (Å²) in [6.45, 7) is 0.138. The summed E-state index contributed by atoms with van der Waals surface area (Å²) in [6.07, 6.45) is 0.949. The van der Waals surface area contributed by atoms with Crippen molar-refractivity contribution >= 4 is 27.9 Å². The zero-order valence-corrected chi connectivity index (χ0v) is 12.6. The van der Waals surface area contributed by atoms with Gasteiger partial charge in [0.1, 0.15) is 0 Å². The Morgan fingerprint density at radius 1 is 1.44 bits per heavy atom. The molecule has 1 rings (SSSR count). The second kappa shape index (κ2) is 6.74. The molecule has 6 nitrogen and oxygen atoms in total. The van der Waals surface area contributed by atoms with Gasteiger partial charge in [-0.3, -0.25) is 4.79 Å². The number of carbonyl (C=O) groups excluding carboxylic acids is 1. The molecule has 1 saturated heterocycles. The molecule has 0 saturated carbocycles. The molecule has 18 heavy (non-hydrogen) atoms. The topological polar surface area (TPSA) is 66.9 Å². The second-order valence-electron chi connectivity index (χ2n) is 4.19. The first kappa shape index (κ1) is 15.7. The summed E-state index contributed by atoms with van der Waals surface area (Å²) in [5.41, 5.74) is 0. The third-order valence-corrected chi connectivity index (χ3v) is 6.18. The lowest BCUT2D eigenvalue weighted by Gasteiger charge is -2.28. The maximum Gasteiger partial charge on any atom is 0.306 e. The van der Waals surface area contributed by atoms with Crippen molar-refractivity contribution in [2.45, 2.75) is 18.9 Å². The molecule has 0 aromatic carbocycles. The molecular weight excluding hydrogens is 276 g/mol. The third kappa shape index (κ3) is 3.84. The van der Waals surface area contributed by atoms with Gasteiger partial charge in [0.05, 0.1) is 13.5 Å². The third-order valence-electron chi connectivity index (χ3n) is 3.04. The zero-order valence-electron chi connectivity index (χ0n) is 11.0. The summed E-state index contributed by atoms with van der Waals surface area (Å²) in [6, 6.07) is 0.0561. The predicted molar refractivity (Wildman–Crippen MR) is 71.7 cm³/mol. The summed E-state index contributed by atoms with van der Waals surface area (Å²) in [5.74, 6) is 1.42. The summed E-state index contributed by atoms with van der Waals surface area (Å²) in [5, 5.41) is 0. The smallest absolute Gasteiger partial charge is 0.306 e. The molecule has 1 heterocycles. The lowest BCUT2D eigenvalue weighted by Crippen LogP contribution is -2.45. The van der Waals surface area contributed by atoms with Crippen LogP contribution in [0, 0.1) is 0 Å². The number of ether oxygens (including phenoxy) is 1. The lowest BCUT2D eigenvalue weighted by atomic mass is 10.3. The molecule has 1 fully saturated rings. The van der Waals surface area contributed by atoms with E-state index in [1.54, 1.807) is 18.8 Å². The van der Waals surface area contributed by atoms with Crippen molar-refractivity contribution in [3.8, 4) is 0 Å². The number of hydrogen-bond donors (Lipinski definition) is 0. The number of nitrogens with zero attached hydrogens (tertiary/aromatic N) is 2. The van der Waals surface area contributed by atoms with E-state index < -0.39 is 16.2 Å². The standard InChI is InChI=1S/C10H20N2O4S2/c1-11(6-4-10(13)16-3)18(14,15)12(2)9-5-7-17-8-9/h9H,4-8H2,1-3H3. The van der Waals surface area contributed by atoms with E-state index in [1.165, 1.54) is 22.8 Å². The van der Waals surface area contributed by atoms with Gasteiger partial charge >= 0.3 is 5.97 Å². The SMILES string of the molecule is COC(=O)CCN(C)S(=O)(=O)N(C)C1CCSC1. The van der Waals surface area contributed by atoms with E-state index in [2.05, 4.69) is 4.74 Å². The Morgan fingerprint density at radius 3 is 2.61 bits per heavy atom. The average Bonchev–Trinajstić information content (AvgIpc) is 2.87. The van der Waals surface area contributed by atoms with E-state index in [9.17, 15) is 13.2 Å². The number of thioether (sulfide) groups is 1. The Morgan fingerprint density at radius 2 is 2.11 bits per heavy atom. The number of esters is 1. The van der Waals surface area contributed by atoms with Crippen molar-refractivity contribution in [1.29, 1.82) is 0 Å². The fourth-order valence-corrected chi connectivity index (χ4v) is 4.36. The first-order valence-corrected chi connectivity index (χ1v) is 8.28. The molecule has 1 aliphatic heterocycles. The van der Waals surface area contributed by atoms with Crippen LogP contribution in [0.25, 0.3) is 0 Å². The van der Waals surface area contributed by atoms with Gasteiger partial charge in [-0.2, -0.15) is 28.8 Å². The average molecular weight is 296 g/mol. The molecule has 0 spiro atoms. The van der Waals surface area contributed by atoms with Crippen LogP contribution in [0.3, 0.4) is 0 Å². The van der Waals surface area contributed by atoms with Crippen molar-refractivity contribution in [2.24, 2.45) is 0 Å². The van der Waals surface area contributed by atoms with Gasteiger partial charge in [0, 0.05) is 32.4 Å². The van der Waals surface area contributed by atoms with Crippen molar-refractivity contribution < 1.29 is 17.9 Å². The monoisotopic (exact) mass is 296 g/mol.